The summed E-state index contributed by atoms with van der Waals surface area (Å²) < 4.78 is 13.3. The van der Waals surface area contributed by atoms with Crippen molar-refractivity contribution in [2.45, 2.75) is 26.4 Å². The van der Waals surface area contributed by atoms with E-state index in [4.69, 9.17) is 25.3 Å². The molecule has 0 saturated heterocycles. The predicted octanol–water partition coefficient (Wildman–Crippen LogP) is 2.71. The number of ether oxygens (including phenoxy) is 2. The van der Waals surface area contributed by atoms with Gasteiger partial charge in [-0.05, 0) is 36.2 Å². The van der Waals surface area contributed by atoms with Crippen LogP contribution in [0, 0.1) is 5.92 Å². The largest absolute Gasteiger partial charge is 0.493 e. The fraction of sp³-hybridized carbons (Fsp3) is 0.312. The number of hydrogen-bond donors (Lipinski definition) is 3. The highest BCUT2D eigenvalue weighted by Crippen LogP contribution is 2.29. The van der Waals surface area contributed by atoms with Gasteiger partial charge in [0.2, 0.25) is 5.91 Å². The molecule has 0 radical (unpaired) electrons. The molecule has 0 saturated carbocycles. The Hall–Kier alpha value is -5.46. The fourth-order valence-corrected chi connectivity index (χ4v) is 4.94. The molecule has 3 amide bonds. The summed E-state index contributed by atoms with van der Waals surface area (Å²) in [6.45, 7) is 4.23. The average molecular weight is 613 g/mol. The molecule has 2 bridgehead atoms. The second-order valence-electron chi connectivity index (χ2n) is 10.8. The maximum atomic E-state index is 13.6. The predicted molar refractivity (Wildman–Crippen MR) is 167 cm³/mol. The number of rotatable bonds is 4. The first kappa shape index (κ1) is 31.0. The van der Waals surface area contributed by atoms with Gasteiger partial charge in [0.25, 0.3) is 11.8 Å². The highest BCUT2D eigenvalue weighted by atomic mass is 16.5. The third-order valence-electron chi connectivity index (χ3n) is 7.26. The molecule has 1 aliphatic rings. The number of pyridine rings is 1. The molecule has 2 aromatic heterocycles. The average Bonchev–Trinajstić information content (AvgIpc) is 3.46. The zero-order chi connectivity index (χ0) is 31.9. The van der Waals surface area contributed by atoms with Crippen molar-refractivity contribution in [3.8, 4) is 22.9 Å². The Kier molecular flexibility index (Phi) is 9.56. The van der Waals surface area contributed by atoms with Gasteiger partial charge in [-0.15, -0.1) is 0 Å². The van der Waals surface area contributed by atoms with Crippen molar-refractivity contribution in [2.24, 2.45) is 5.92 Å². The summed E-state index contributed by atoms with van der Waals surface area (Å²) in [5.41, 5.74) is 7.07. The van der Waals surface area contributed by atoms with Crippen LogP contribution in [0.15, 0.2) is 66.7 Å². The van der Waals surface area contributed by atoms with Crippen molar-refractivity contribution in [1.29, 1.82) is 0 Å². The second-order valence-corrected chi connectivity index (χ2v) is 10.8. The van der Waals surface area contributed by atoms with Crippen molar-refractivity contribution in [2.75, 3.05) is 39.1 Å². The maximum Gasteiger partial charge on any atom is 0.273 e. The number of methoxy groups -OCH3 is 1. The Labute approximate surface area is 260 Å². The van der Waals surface area contributed by atoms with Crippen molar-refractivity contribution in [3.63, 3.8) is 0 Å². The first-order chi connectivity index (χ1) is 21.7. The molecule has 5 rings (SSSR count). The molecule has 1 aliphatic heterocycles. The second kappa shape index (κ2) is 13.9. The van der Waals surface area contributed by atoms with Gasteiger partial charge < -0.3 is 30.7 Å². The zero-order valence-electron chi connectivity index (χ0n) is 25.4. The number of benzene rings is 2. The molecule has 13 nitrogen and oxygen atoms in total. The van der Waals surface area contributed by atoms with Gasteiger partial charge >= 0.3 is 0 Å². The number of hydrogen-bond acceptors (Lipinski definition) is 9. The fourth-order valence-electron chi connectivity index (χ4n) is 4.94. The van der Waals surface area contributed by atoms with Gasteiger partial charge in [0.1, 0.15) is 18.1 Å². The number of nitrogen functional groups attached to an aromatic ring is 1. The molecule has 2 aromatic carbocycles. The Morgan fingerprint density at radius 1 is 1.02 bits per heavy atom. The third-order valence-corrected chi connectivity index (χ3v) is 7.26. The molecular weight excluding hydrogens is 576 g/mol. The summed E-state index contributed by atoms with van der Waals surface area (Å²) in [5.74, 6) is 0.694. The van der Waals surface area contributed by atoms with Crippen LogP contribution in [0.25, 0.3) is 11.4 Å². The third kappa shape index (κ3) is 7.37. The van der Waals surface area contributed by atoms with Gasteiger partial charge in [-0.2, -0.15) is 5.10 Å². The number of carbonyl (C=O) groups is 3. The van der Waals surface area contributed by atoms with Gasteiger partial charge in [-0.1, -0.05) is 50.2 Å². The highest BCUT2D eigenvalue weighted by Gasteiger charge is 2.28. The maximum absolute atomic E-state index is 13.6. The summed E-state index contributed by atoms with van der Waals surface area (Å²) in [4.78, 5) is 50.5. The van der Waals surface area contributed by atoms with E-state index >= 15 is 0 Å². The Balaban J connectivity index is 1.53. The highest BCUT2D eigenvalue weighted by molar-refractivity contribution is 5.96. The van der Waals surface area contributed by atoms with Crippen LogP contribution in [0.4, 0.5) is 5.82 Å². The minimum atomic E-state index is -0.543. The topological polar surface area (TPSA) is 167 Å². The number of carbonyl (C=O) groups excluding carboxylic acids is 3. The molecule has 4 N–H and O–H groups in total. The number of aromatic nitrogens is 4. The van der Waals surface area contributed by atoms with Crippen LogP contribution < -0.4 is 25.8 Å². The normalized spacial score (nSPS) is 16.2. The van der Waals surface area contributed by atoms with Gasteiger partial charge in [0.05, 0.1) is 26.2 Å². The van der Waals surface area contributed by atoms with Crippen molar-refractivity contribution in [3.05, 3.63) is 83.8 Å². The van der Waals surface area contributed by atoms with E-state index in [1.165, 1.54) is 18.1 Å². The van der Waals surface area contributed by atoms with E-state index in [-0.39, 0.29) is 49.6 Å². The van der Waals surface area contributed by atoms with E-state index in [0.29, 0.717) is 35.3 Å². The molecular formula is C32H36N8O5. The Bertz CT molecular complexity index is 1670. The lowest BCUT2D eigenvalue weighted by Gasteiger charge is -2.26. The lowest BCUT2D eigenvalue weighted by molar-refractivity contribution is -0.123. The number of fused-ring (bicyclic) bond motifs is 3. The molecule has 45 heavy (non-hydrogen) atoms. The van der Waals surface area contributed by atoms with Crippen LogP contribution >= 0.6 is 0 Å². The Morgan fingerprint density at radius 3 is 2.56 bits per heavy atom. The number of nitrogens with one attached hydrogen (secondary N) is 2. The van der Waals surface area contributed by atoms with Gasteiger partial charge in [0, 0.05) is 24.2 Å². The summed E-state index contributed by atoms with van der Waals surface area (Å²) in [7, 11) is 1.52. The lowest BCUT2D eigenvalue weighted by Crippen LogP contribution is -2.46. The van der Waals surface area contributed by atoms with E-state index in [9.17, 15) is 14.4 Å². The SMILES string of the molecule is COc1ccc2cc1OCCn1nc(-c3ccccc3)nc1[C@@H](C(C)C)NC(=O)CN(C(=O)c1cccc(N)n1)CCNC2=O. The van der Waals surface area contributed by atoms with Crippen LogP contribution in [-0.4, -0.2) is 75.7 Å². The summed E-state index contributed by atoms with van der Waals surface area (Å²) >= 11 is 0. The van der Waals surface area contributed by atoms with Crippen molar-refractivity contribution < 1.29 is 23.9 Å². The smallest absolute Gasteiger partial charge is 0.273 e. The van der Waals surface area contributed by atoms with Crippen LogP contribution in [-0.2, 0) is 11.3 Å². The number of amides is 3. The number of nitrogens with two attached hydrogens (primary N) is 1. The zero-order valence-corrected chi connectivity index (χ0v) is 25.4. The van der Waals surface area contributed by atoms with Crippen molar-refractivity contribution >= 4 is 23.5 Å². The first-order valence-electron chi connectivity index (χ1n) is 14.6. The van der Waals surface area contributed by atoms with Crippen molar-refractivity contribution in [1.82, 2.24) is 35.3 Å². The molecule has 4 aromatic rings. The quantitative estimate of drug-likeness (QED) is 0.314. The Morgan fingerprint density at radius 2 is 1.82 bits per heavy atom. The monoisotopic (exact) mass is 612 g/mol. The first-order valence-corrected chi connectivity index (χ1v) is 14.6. The minimum absolute atomic E-state index is 0.0364. The summed E-state index contributed by atoms with van der Waals surface area (Å²) in [6, 6.07) is 18.6. The van der Waals surface area contributed by atoms with Crippen LogP contribution in [0.3, 0.4) is 0 Å². The molecule has 0 unspecified atom stereocenters. The molecule has 0 aliphatic carbocycles. The standard InChI is InChI=1S/C32H36N8O5/c1-20(2)28-30-37-29(21-8-5-4-6-9-21)38-40(30)16-17-45-25-18-22(12-13-24(25)44-3)31(42)34-14-15-39(19-27(41)36-28)32(43)23-10-7-11-26(33)35-23/h4-13,18,20,28H,14-17,19H2,1-3H3,(H2,33,35)(H,34,42)(H,36,41)/t28-/m1/s1. The van der Waals surface area contributed by atoms with E-state index in [1.54, 1.807) is 35.0 Å². The molecule has 234 valence electrons. The molecule has 1 atom stereocenters. The molecule has 13 heteroatoms. The molecule has 0 spiro atoms. The van der Waals surface area contributed by atoms with Crippen LogP contribution in [0.1, 0.15) is 46.6 Å². The van der Waals surface area contributed by atoms with Gasteiger partial charge in [0.15, 0.2) is 23.1 Å². The molecule has 3 heterocycles. The van der Waals surface area contributed by atoms with E-state index in [0.717, 1.165) is 5.56 Å². The van der Waals surface area contributed by atoms with Crippen LogP contribution in [0.2, 0.25) is 0 Å². The lowest BCUT2D eigenvalue weighted by atomic mass is 10.0. The van der Waals surface area contributed by atoms with Gasteiger partial charge in [-0.25, -0.2) is 14.6 Å². The van der Waals surface area contributed by atoms with E-state index in [2.05, 4.69) is 15.6 Å². The summed E-state index contributed by atoms with van der Waals surface area (Å²) in [6.07, 6.45) is 0. The van der Waals surface area contributed by atoms with E-state index in [1.807, 2.05) is 44.2 Å². The molecule has 0 fully saturated rings. The van der Waals surface area contributed by atoms with Crippen LogP contribution in [0.5, 0.6) is 11.5 Å². The van der Waals surface area contributed by atoms with E-state index < -0.39 is 17.9 Å². The summed E-state index contributed by atoms with van der Waals surface area (Å²) in [5, 5.41) is 10.6. The minimum Gasteiger partial charge on any atom is -0.493 e. The number of anilines is 1. The van der Waals surface area contributed by atoms with Gasteiger partial charge in [-0.3, -0.25) is 14.4 Å². The number of nitrogens with zero attached hydrogens (tertiary/aromatic N) is 5.